The number of carbonyl (C=O) groups is 1. The van der Waals surface area contributed by atoms with Gasteiger partial charge in [0, 0.05) is 13.1 Å². The maximum Gasteiger partial charge on any atom is 0.318 e. The van der Waals surface area contributed by atoms with E-state index in [1.54, 1.807) is 0 Å². The standard InChI is InChI=1S/C13H18N2O/c1-4-15-8-12(14-13(15)16)11-7-9(2)5-6-10(11)3/h5-7,12H,4,8H2,1-3H3,(H,14,16). The monoisotopic (exact) mass is 218 g/mol. The quantitative estimate of drug-likeness (QED) is 0.812. The number of hydrogen-bond acceptors (Lipinski definition) is 1. The van der Waals surface area contributed by atoms with Gasteiger partial charge in [-0.05, 0) is 31.9 Å². The zero-order valence-corrected chi connectivity index (χ0v) is 10.1. The average molecular weight is 218 g/mol. The molecule has 0 spiro atoms. The smallest absolute Gasteiger partial charge is 0.318 e. The molecular weight excluding hydrogens is 200 g/mol. The van der Waals surface area contributed by atoms with Gasteiger partial charge in [0.2, 0.25) is 0 Å². The number of benzene rings is 1. The molecule has 1 aromatic carbocycles. The fraction of sp³-hybridized carbons (Fsp3) is 0.462. The normalized spacial score (nSPS) is 20.1. The maximum absolute atomic E-state index is 11.6. The summed E-state index contributed by atoms with van der Waals surface area (Å²) in [5.74, 6) is 0. The summed E-state index contributed by atoms with van der Waals surface area (Å²) in [5, 5.41) is 3.03. The van der Waals surface area contributed by atoms with Crippen LogP contribution < -0.4 is 5.32 Å². The van der Waals surface area contributed by atoms with Crippen LogP contribution in [-0.2, 0) is 0 Å². The molecule has 1 aliphatic rings. The van der Waals surface area contributed by atoms with E-state index in [-0.39, 0.29) is 12.1 Å². The molecule has 86 valence electrons. The van der Waals surface area contributed by atoms with Gasteiger partial charge in [0.15, 0.2) is 0 Å². The van der Waals surface area contributed by atoms with Gasteiger partial charge >= 0.3 is 6.03 Å². The van der Waals surface area contributed by atoms with Crippen molar-refractivity contribution < 1.29 is 4.79 Å². The van der Waals surface area contributed by atoms with Crippen molar-refractivity contribution in [1.29, 1.82) is 0 Å². The molecule has 1 atom stereocenters. The molecule has 1 aromatic rings. The second-order valence-corrected chi connectivity index (χ2v) is 4.40. The lowest BCUT2D eigenvalue weighted by Crippen LogP contribution is -2.27. The number of nitrogens with zero attached hydrogens (tertiary/aromatic N) is 1. The number of urea groups is 1. The molecule has 3 heteroatoms. The number of rotatable bonds is 2. The van der Waals surface area contributed by atoms with Crippen LogP contribution in [0.4, 0.5) is 4.79 Å². The van der Waals surface area contributed by atoms with Crippen molar-refractivity contribution in [3.05, 3.63) is 34.9 Å². The van der Waals surface area contributed by atoms with Gasteiger partial charge < -0.3 is 10.2 Å². The summed E-state index contributed by atoms with van der Waals surface area (Å²) in [7, 11) is 0. The third-order valence-corrected chi connectivity index (χ3v) is 3.18. The molecular formula is C13H18N2O. The predicted octanol–water partition coefficient (Wildman–Crippen LogP) is 2.39. The Balaban J connectivity index is 2.26. The van der Waals surface area contributed by atoms with Crippen molar-refractivity contribution in [3.8, 4) is 0 Å². The van der Waals surface area contributed by atoms with Crippen molar-refractivity contribution >= 4 is 6.03 Å². The Kier molecular flexibility index (Phi) is 2.86. The molecule has 2 rings (SSSR count). The zero-order valence-electron chi connectivity index (χ0n) is 10.1. The van der Waals surface area contributed by atoms with Gasteiger partial charge in [-0.2, -0.15) is 0 Å². The largest absolute Gasteiger partial charge is 0.329 e. The molecule has 0 bridgehead atoms. The van der Waals surface area contributed by atoms with Gasteiger partial charge in [-0.15, -0.1) is 0 Å². The maximum atomic E-state index is 11.6. The minimum Gasteiger partial charge on any atom is -0.329 e. The van der Waals surface area contributed by atoms with Crippen molar-refractivity contribution in [2.45, 2.75) is 26.8 Å². The Bertz CT molecular complexity index is 414. The minimum absolute atomic E-state index is 0.0495. The lowest BCUT2D eigenvalue weighted by atomic mass is 9.99. The molecule has 1 saturated heterocycles. The topological polar surface area (TPSA) is 32.3 Å². The van der Waals surface area contributed by atoms with E-state index < -0.39 is 0 Å². The molecule has 1 aliphatic heterocycles. The van der Waals surface area contributed by atoms with Crippen LogP contribution in [0.15, 0.2) is 18.2 Å². The summed E-state index contributed by atoms with van der Waals surface area (Å²) < 4.78 is 0. The summed E-state index contributed by atoms with van der Waals surface area (Å²) in [6.45, 7) is 7.73. The number of nitrogens with one attached hydrogen (secondary N) is 1. The minimum atomic E-state index is 0.0495. The molecule has 1 unspecified atom stereocenters. The Morgan fingerprint density at radius 2 is 2.19 bits per heavy atom. The first-order valence-corrected chi connectivity index (χ1v) is 5.74. The lowest BCUT2D eigenvalue weighted by molar-refractivity contribution is 0.219. The molecule has 0 saturated carbocycles. The van der Waals surface area contributed by atoms with E-state index in [0.29, 0.717) is 0 Å². The second kappa shape index (κ2) is 4.16. The molecule has 1 heterocycles. The van der Waals surface area contributed by atoms with E-state index in [9.17, 15) is 4.79 Å². The SMILES string of the molecule is CCN1CC(c2cc(C)ccc2C)NC1=O. The van der Waals surface area contributed by atoms with Crippen LogP contribution >= 0.6 is 0 Å². The van der Waals surface area contributed by atoms with Gasteiger partial charge in [0.25, 0.3) is 0 Å². The van der Waals surface area contributed by atoms with Crippen LogP contribution in [0.25, 0.3) is 0 Å². The zero-order chi connectivity index (χ0) is 11.7. The number of aryl methyl sites for hydroxylation is 2. The highest BCUT2D eigenvalue weighted by molar-refractivity contribution is 5.77. The van der Waals surface area contributed by atoms with Crippen LogP contribution in [0.5, 0.6) is 0 Å². The predicted molar refractivity (Wildman–Crippen MR) is 64.4 cm³/mol. The summed E-state index contributed by atoms with van der Waals surface area (Å²) in [5.41, 5.74) is 3.72. The lowest BCUT2D eigenvalue weighted by Gasteiger charge is -2.14. The van der Waals surface area contributed by atoms with Crippen molar-refractivity contribution in [2.24, 2.45) is 0 Å². The summed E-state index contributed by atoms with van der Waals surface area (Å²) in [6, 6.07) is 6.58. The average Bonchev–Trinajstić information content (AvgIpc) is 2.63. The third kappa shape index (κ3) is 1.90. The summed E-state index contributed by atoms with van der Waals surface area (Å²) >= 11 is 0. The second-order valence-electron chi connectivity index (χ2n) is 4.40. The molecule has 2 amide bonds. The first-order valence-electron chi connectivity index (χ1n) is 5.74. The first-order chi connectivity index (χ1) is 7.61. The molecule has 1 fully saturated rings. The fourth-order valence-electron chi connectivity index (χ4n) is 2.17. The van der Waals surface area contributed by atoms with Crippen molar-refractivity contribution in [1.82, 2.24) is 10.2 Å². The van der Waals surface area contributed by atoms with Crippen LogP contribution in [-0.4, -0.2) is 24.0 Å². The van der Waals surface area contributed by atoms with Gasteiger partial charge in [0.05, 0.1) is 6.04 Å². The van der Waals surface area contributed by atoms with E-state index in [1.807, 2.05) is 11.8 Å². The Labute approximate surface area is 96.5 Å². The Morgan fingerprint density at radius 3 is 2.81 bits per heavy atom. The third-order valence-electron chi connectivity index (χ3n) is 3.18. The molecule has 1 N–H and O–H groups in total. The highest BCUT2D eigenvalue weighted by atomic mass is 16.2. The Morgan fingerprint density at radius 1 is 1.44 bits per heavy atom. The number of hydrogen-bond donors (Lipinski definition) is 1. The van der Waals surface area contributed by atoms with E-state index in [4.69, 9.17) is 0 Å². The van der Waals surface area contributed by atoms with Gasteiger partial charge in [0.1, 0.15) is 0 Å². The summed E-state index contributed by atoms with van der Waals surface area (Å²) in [6.07, 6.45) is 0. The molecule has 0 aromatic heterocycles. The van der Waals surface area contributed by atoms with Crippen molar-refractivity contribution in [2.75, 3.05) is 13.1 Å². The van der Waals surface area contributed by atoms with E-state index in [2.05, 4.69) is 37.4 Å². The van der Waals surface area contributed by atoms with Gasteiger partial charge in [-0.3, -0.25) is 0 Å². The number of likely N-dealkylation sites (N-methyl/N-ethyl adjacent to an activating group) is 1. The van der Waals surface area contributed by atoms with Crippen LogP contribution in [0, 0.1) is 13.8 Å². The summed E-state index contributed by atoms with van der Waals surface area (Å²) in [4.78, 5) is 13.4. The van der Waals surface area contributed by atoms with Crippen LogP contribution in [0.3, 0.4) is 0 Å². The molecule has 16 heavy (non-hydrogen) atoms. The highest BCUT2D eigenvalue weighted by Crippen LogP contribution is 2.24. The van der Waals surface area contributed by atoms with Gasteiger partial charge in [-0.1, -0.05) is 23.8 Å². The molecule has 0 aliphatic carbocycles. The van der Waals surface area contributed by atoms with Crippen molar-refractivity contribution in [3.63, 3.8) is 0 Å². The first kappa shape index (κ1) is 11.0. The Hall–Kier alpha value is -1.51. The van der Waals surface area contributed by atoms with E-state index >= 15 is 0 Å². The number of carbonyl (C=O) groups excluding carboxylic acids is 1. The van der Waals surface area contributed by atoms with Crippen LogP contribution in [0.1, 0.15) is 29.7 Å². The van der Waals surface area contributed by atoms with E-state index in [0.717, 1.165) is 13.1 Å². The van der Waals surface area contributed by atoms with E-state index in [1.165, 1.54) is 16.7 Å². The van der Waals surface area contributed by atoms with Crippen LogP contribution in [0.2, 0.25) is 0 Å². The molecule has 3 nitrogen and oxygen atoms in total. The highest BCUT2D eigenvalue weighted by Gasteiger charge is 2.29. The number of amides is 2. The fourth-order valence-corrected chi connectivity index (χ4v) is 2.17. The molecule has 0 radical (unpaired) electrons. The van der Waals surface area contributed by atoms with Gasteiger partial charge in [-0.25, -0.2) is 4.79 Å².